The summed E-state index contributed by atoms with van der Waals surface area (Å²) in [5.41, 5.74) is 2.50. The smallest absolute Gasteiger partial charge is 0.307 e. The molecule has 0 radical (unpaired) electrons. The molecule has 0 saturated heterocycles. The minimum Gasteiger partial charge on any atom is -0.384 e. The lowest BCUT2D eigenvalue weighted by molar-refractivity contribution is -0.386. The van der Waals surface area contributed by atoms with Gasteiger partial charge in [-0.25, -0.2) is 13.8 Å². The van der Waals surface area contributed by atoms with Crippen LogP contribution in [0.4, 0.5) is 20.3 Å². The number of aldehydes is 1. The van der Waals surface area contributed by atoms with E-state index in [1.165, 1.54) is 0 Å². The van der Waals surface area contributed by atoms with Gasteiger partial charge in [-0.15, -0.1) is 0 Å². The van der Waals surface area contributed by atoms with Crippen molar-refractivity contribution >= 4 is 17.8 Å². The number of halogens is 2. The second-order valence-corrected chi connectivity index (χ2v) is 2.55. The number of nitro groups is 1. The Balaban J connectivity index is 3.54. The molecule has 6 nitrogen and oxygen atoms in total. The number of hydrogen-bond donors (Lipinski definition) is 1. The molecule has 1 aromatic rings. The Bertz CT molecular complexity index is 422. The minimum atomic E-state index is -3.09. The number of anilines is 1. The van der Waals surface area contributed by atoms with Gasteiger partial charge in [0.1, 0.15) is 11.4 Å². The highest BCUT2D eigenvalue weighted by atomic mass is 19.3. The van der Waals surface area contributed by atoms with Gasteiger partial charge in [-0.2, -0.15) is 0 Å². The van der Waals surface area contributed by atoms with Crippen LogP contribution >= 0.6 is 0 Å². The fourth-order valence-corrected chi connectivity index (χ4v) is 1.05. The lowest BCUT2D eigenvalue weighted by Crippen LogP contribution is -2.05. The van der Waals surface area contributed by atoms with Crippen molar-refractivity contribution < 1.29 is 18.5 Å². The molecule has 0 unspecified atom stereocenters. The third-order valence-corrected chi connectivity index (χ3v) is 1.60. The summed E-state index contributed by atoms with van der Waals surface area (Å²) in [5, 5.41) is 10.4. The largest absolute Gasteiger partial charge is 0.384 e. The van der Waals surface area contributed by atoms with E-state index in [0.29, 0.717) is 6.07 Å². The van der Waals surface area contributed by atoms with Crippen LogP contribution in [-0.4, -0.2) is 16.2 Å². The molecular formula is C7H5F2N3O3. The molecule has 0 aliphatic heterocycles. The van der Waals surface area contributed by atoms with Gasteiger partial charge >= 0.3 is 5.69 Å². The molecule has 0 atom stereocenters. The van der Waals surface area contributed by atoms with Crippen molar-refractivity contribution in [3.05, 3.63) is 27.4 Å². The highest BCUT2D eigenvalue weighted by Crippen LogP contribution is 2.31. The van der Waals surface area contributed by atoms with E-state index in [9.17, 15) is 23.7 Å². The second kappa shape index (κ2) is 3.95. The van der Waals surface area contributed by atoms with E-state index in [1.54, 1.807) is 0 Å². The van der Waals surface area contributed by atoms with Crippen molar-refractivity contribution in [3.8, 4) is 0 Å². The molecule has 0 bridgehead atoms. The monoisotopic (exact) mass is 217 g/mol. The Morgan fingerprint density at radius 2 is 2.20 bits per heavy atom. The van der Waals surface area contributed by atoms with Crippen LogP contribution in [0.3, 0.4) is 0 Å². The first-order valence-corrected chi connectivity index (χ1v) is 3.65. The molecular weight excluding hydrogens is 212 g/mol. The van der Waals surface area contributed by atoms with Crippen LogP contribution in [0.15, 0.2) is 6.07 Å². The Hall–Kier alpha value is -2.12. The molecule has 0 aromatic carbocycles. The number of alkyl halides is 2. The number of aromatic nitrogens is 1. The lowest BCUT2D eigenvalue weighted by Gasteiger charge is -2.04. The summed E-state index contributed by atoms with van der Waals surface area (Å²) in [6.07, 6.45) is -3.07. The first-order chi connectivity index (χ1) is 6.97. The summed E-state index contributed by atoms with van der Waals surface area (Å²) in [6.45, 7) is 0. The zero-order valence-corrected chi connectivity index (χ0v) is 7.18. The average Bonchev–Trinajstić information content (AvgIpc) is 2.15. The normalized spacial score (nSPS) is 10.3. The van der Waals surface area contributed by atoms with Crippen molar-refractivity contribution in [2.24, 2.45) is 0 Å². The molecule has 0 aliphatic rings. The second-order valence-electron chi connectivity index (χ2n) is 2.55. The van der Waals surface area contributed by atoms with Gasteiger partial charge in [0.05, 0.1) is 4.92 Å². The zero-order valence-electron chi connectivity index (χ0n) is 7.18. The van der Waals surface area contributed by atoms with Crippen LogP contribution in [0.25, 0.3) is 0 Å². The van der Waals surface area contributed by atoms with Gasteiger partial charge in [0.25, 0.3) is 6.43 Å². The van der Waals surface area contributed by atoms with E-state index in [-0.39, 0.29) is 12.1 Å². The van der Waals surface area contributed by atoms with Crippen LogP contribution in [0.5, 0.6) is 0 Å². The molecule has 80 valence electrons. The first-order valence-electron chi connectivity index (χ1n) is 3.65. The van der Waals surface area contributed by atoms with Crippen molar-refractivity contribution in [1.29, 1.82) is 0 Å². The maximum absolute atomic E-state index is 12.4. The summed E-state index contributed by atoms with van der Waals surface area (Å²) in [5.74, 6) is -0.363. The van der Waals surface area contributed by atoms with Gasteiger partial charge in [-0.05, 0) is 6.07 Å². The number of nitrogens with zero attached hydrogens (tertiary/aromatic N) is 2. The fraction of sp³-hybridized carbons (Fsp3) is 0.143. The van der Waals surface area contributed by atoms with Crippen LogP contribution in [0, 0.1) is 10.1 Å². The molecule has 0 spiro atoms. The van der Waals surface area contributed by atoms with Crippen LogP contribution in [-0.2, 0) is 0 Å². The average molecular weight is 217 g/mol. The Labute approximate surface area is 81.9 Å². The molecule has 0 saturated carbocycles. The van der Waals surface area contributed by atoms with Gasteiger partial charge in [-0.1, -0.05) is 0 Å². The molecule has 1 heterocycles. The number of hydrogen-bond acceptors (Lipinski definition) is 5. The standard InChI is InChI=1S/C7H5F2N3O3/c8-7(9)3-1-5(10)11-4(2-13)6(3)12(14)15/h1-2,7H,(H2,10,11). The molecule has 0 fully saturated rings. The molecule has 2 N–H and O–H groups in total. The SMILES string of the molecule is Nc1cc(C(F)F)c([N+](=O)[O-])c(C=O)n1. The summed E-state index contributed by atoms with van der Waals surface area (Å²) in [6, 6.07) is 0.676. The summed E-state index contributed by atoms with van der Waals surface area (Å²) in [7, 11) is 0. The summed E-state index contributed by atoms with van der Waals surface area (Å²) >= 11 is 0. The highest BCUT2D eigenvalue weighted by Gasteiger charge is 2.27. The Kier molecular flexibility index (Phi) is 2.88. The Morgan fingerprint density at radius 1 is 1.60 bits per heavy atom. The molecule has 8 heteroatoms. The van der Waals surface area contributed by atoms with E-state index in [0.717, 1.165) is 0 Å². The van der Waals surface area contributed by atoms with E-state index < -0.39 is 28.3 Å². The van der Waals surface area contributed by atoms with E-state index in [4.69, 9.17) is 5.73 Å². The topological polar surface area (TPSA) is 99.1 Å². The third kappa shape index (κ3) is 2.03. The number of nitrogens with two attached hydrogens (primary N) is 1. The molecule has 1 rings (SSSR count). The maximum atomic E-state index is 12.4. The fourth-order valence-electron chi connectivity index (χ4n) is 1.05. The summed E-state index contributed by atoms with van der Waals surface area (Å²) in [4.78, 5) is 23.0. The van der Waals surface area contributed by atoms with Crippen molar-refractivity contribution in [2.75, 3.05) is 5.73 Å². The minimum absolute atomic E-state index is 0.0143. The first kappa shape index (κ1) is 11.0. The van der Waals surface area contributed by atoms with Crippen molar-refractivity contribution in [2.45, 2.75) is 6.43 Å². The number of nitrogen functional groups attached to an aromatic ring is 1. The molecule has 1 aromatic heterocycles. The summed E-state index contributed by atoms with van der Waals surface area (Å²) < 4.78 is 24.8. The predicted molar refractivity (Wildman–Crippen MR) is 45.6 cm³/mol. The van der Waals surface area contributed by atoms with Crippen molar-refractivity contribution in [3.63, 3.8) is 0 Å². The number of carbonyl (C=O) groups excluding carboxylic acids is 1. The number of rotatable bonds is 3. The quantitative estimate of drug-likeness (QED) is 0.467. The lowest BCUT2D eigenvalue weighted by atomic mass is 10.2. The van der Waals surface area contributed by atoms with Gasteiger partial charge in [-0.3, -0.25) is 14.9 Å². The maximum Gasteiger partial charge on any atom is 0.307 e. The van der Waals surface area contributed by atoms with E-state index in [1.807, 2.05) is 0 Å². The predicted octanol–water partition coefficient (Wildman–Crippen LogP) is 1.32. The van der Waals surface area contributed by atoms with Gasteiger partial charge in [0.15, 0.2) is 12.0 Å². The Morgan fingerprint density at radius 3 is 2.60 bits per heavy atom. The van der Waals surface area contributed by atoms with Crippen LogP contribution in [0.1, 0.15) is 22.5 Å². The van der Waals surface area contributed by atoms with Gasteiger partial charge < -0.3 is 5.73 Å². The van der Waals surface area contributed by atoms with Crippen LogP contribution in [0.2, 0.25) is 0 Å². The van der Waals surface area contributed by atoms with Gasteiger partial charge in [0.2, 0.25) is 0 Å². The number of pyridine rings is 1. The zero-order chi connectivity index (χ0) is 11.6. The van der Waals surface area contributed by atoms with Crippen molar-refractivity contribution in [1.82, 2.24) is 4.98 Å². The molecule has 0 amide bonds. The third-order valence-electron chi connectivity index (χ3n) is 1.60. The van der Waals surface area contributed by atoms with Crippen LogP contribution < -0.4 is 5.73 Å². The van der Waals surface area contributed by atoms with E-state index in [2.05, 4.69) is 4.98 Å². The highest BCUT2D eigenvalue weighted by molar-refractivity contribution is 5.80. The number of carbonyl (C=O) groups is 1. The molecule has 0 aliphatic carbocycles. The molecule has 15 heavy (non-hydrogen) atoms. The van der Waals surface area contributed by atoms with E-state index >= 15 is 0 Å². The van der Waals surface area contributed by atoms with Gasteiger partial charge in [0, 0.05) is 0 Å².